The summed E-state index contributed by atoms with van der Waals surface area (Å²) in [7, 11) is 0. The Morgan fingerprint density at radius 1 is 0.900 bits per heavy atom. The second-order valence-corrected chi connectivity index (χ2v) is 7.11. The zero-order valence-corrected chi connectivity index (χ0v) is 16.9. The lowest BCUT2D eigenvalue weighted by Gasteiger charge is -2.09. The smallest absolute Gasteiger partial charge is 0.230 e. The fourth-order valence-electron chi connectivity index (χ4n) is 2.68. The van der Waals surface area contributed by atoms with Gasteiger partial charge in [-0.1, -0.05) is 35.3 Å². The molecular formula is C21H15Cl2F2N3O2. The second-order valence-electron chi connectivity index (χ2n) is 6.33. The lowest BCUT2D eigenvalue weighted by molar-refractivity contribution is -0.116. The van der Waals surface area contributed by atoms with E-state index in [-0.39, 0.29) is 28.7 Å². The average Bonchev–Trinajstić information content (AvgIpc) is 2.68. The van der Waals surface area contributed by atoms with Crippen LogP contribution in [0.3, 0.4) is 0 Å². The molecule has 30 heavy (non-hydrogen) atoms. The second kappa shape index (κ2) is 9.65. The van der Waals surface area contributed by atoms with Crippen molar-refractivity contribution in [3.63, 3.8) is 0 Å². The maximum absolute atomic E-state index is 13.5. The quantitative estimate of drug-likeness (QED) is 0.554. The van der Waals surface area contributed by atoms with Crippen molar-refractivity contribution >= 4 is 46.5 Å². The van der Waals surface area contributed by atoms with Gasteiger partial charge in [-0.25, -0.2) is 13.8 Å². The third-order valence-corrected chi connectivity index (χ3v) is 4.84. The van der Waals surface area contributed by atoms with Gasteiger partial charge in [0.15, 0.2) is 0 Å². The third-order valence-electron chi connectivity index (χ3n) is 4.05. The number of halogens is 4. The summed E-state index contributed by atoms with van der Waals surface area (Å²) in [6.07, 6.45) is 1.13. The minimum atomic E-state index is -0.603. The average molecular weight is 450 g/mol. The van der Waals surface area contributed by atoms with Gasteiger partial charge in [0.1, 0.15) is 17.5 Å². The predicted octanol–water partition coefficient (Wildman–Crippen LogP) is 5.03. The van der Waals surface area contributed by atoms with Gasteiger partial charge in [0.25, 0.3) is 0 Å². The van der Waals surface area contributed by atoms with Crippen LogP contribution in [0, 0.1) is 11.6 Å². The molecule has 3 aromatic rings. The first-order valence-electron chi connectivity index (χ1n) is 8.74. The maximum Gasteiger partial charge on any atom is 0.230 e. The first-order chi connectivity index (χ1) is 14.3. The molecule has 3 rings (SSSR count). The van der Waals surface area contributed by atoms with E-state index in [1.165, 1.54) is 48.7 Å². The number of nitrogens with zero attached hydrogens (tertiary/aromatic N) is 1. The number of carbonyl (C=O) groups is 2. The van der Waals surface area contributed by atoms with Crippen LogP contribution in [0.5, 0.6) is 0 Å². The molecule has 1 aromatic heterocycles. The van der Waals surface area contributed by atoms with Crippen LogP contribution in [0.1, 0.15) is 11.1 Å². The molecule has 0 saturated heterocycles. The number of hydrogen-bond donors (Lipinski definition) is 2. The summed E-state index contributed by atoms with van der Waals surface area (Å²) in [5.41, 5.74) is 1.07. The van der Waals surface area contributed by atoms with E-state index in [0.717, 1.165) is 0 Å². The van der Waals surface area contributed by atoms with Crippen molar-refractivity contribution < 1.29 is 18.4 Å². The van der Waals surface area contributed by atoms with E-state index in [4.69, 9.17) is 23.2 Å². The highest BCUT2D eigenvalue weighted by Gasteiger charge is 2.12. The number of benzene rings is 2. The summed E-state index contributed by atoms with van der Waals surface area (Å²) in [4.78, 5) is 28.5. The SMILES string of the molecule is O=C(Cc1cccc(F)c1Cl)Nc1ccnc(NC(=O)Cc2cc(F)ccc2Cl)c1. The maximum atomic E-state index is 13.5. The van der Waals surface area contributed by atoms with Gasteiger partial charge >= 0.3 is 0 Å². The van der Waals surface area contributed by atoms with Crippen LogP contribution in [-0.4, -0.2) is 16.8 Å². The Morgan fingerprint density at radius 2 is 1.63 bits per heavy atom. The first kappa shape index (κ1) is 21.7. The van der Waals surface area contributed by atoms with Crippen molar-refractivity contribution in [1.29, 1.82) is 0 Å². The Labute approximate surface area is 181 Å². The Balaban J connectivity index is 1.62. The molecule has 0 bridgehead atoms. The van der Waals surface area contributed by atoms with Crippen molar-refractivity contribution in [3.05, 3.63) is 87.5 Å². The molecule has 154 valence electrons. The summed E-state index contributed by atoms with van der Waals surface area (Å²) < 4.78 is 26.8. The zero-order valence-electron chi connectivity index (χ0n) is 15.4. The number of pyridine rings is 1. The third kappa shape index (κ3) is 5.75. The lowest BCUT2D eigenvalue weighted by Crippen LogP contribution is -2.17. The van der Waals surface area contributed by atoms with Crippen molar-refractivity contribution in [3.8, 4) is 0 Å². The lowest BCUT2D eigenvalue weighted by atomic mass is 10.1. The molecule has 0 fully saturated rings. The molecule has 2 N–H and O–H groups in total. The normalized spacial score (nSPS) is 10.5. The first-order valence-corrected chi connectivity index (χ1v) is 9.50. The Hall–Kier alpha value is -3.03. The van der Waals surface area contributed by atoms with Gasteiger partial charge in [-0.05, 0) is 41.5 Å². The van der Waals surface area contributed by atoms with Gasteiger partial charge in [-0.15, -0.1) is 0 Å². The minimum absolute atomic E-state index is 0.105. The van der Waals surface area contributed by atoms with Gasteiger partial charge in [-0.3, -0.25) is 9.59 Å². The van der Waals surface area contributed by atoms with E-state index >= 15 is 0 Å². The number of carbonyl (C=O) groups excluding carboxylic acids is 2. The van der Waals surface area contributed by atoms with Crippen LogP contribution in [0.4, 0.5) is 20.3 Å². The van der Waals surface area contributed by atoms with Crippen LogP contribution >= 0.6 is 23.2 Å². The number of amides is 2. The van der Waals surface area contributed by atoms with Crippen LogP contribution < -0.4 is 10.6 Å². The van der Waals surface area contributed by atoms with Gasteiger partial charge in [-0.2, -0.15) is 0 Å². The fraction of sp³-hybridized carbons (Fsp3) is 0.0952. The highest BCUT2D eigenvalue weighted by Crippen LogP contribution is 2.21. The van der Waals surface area contributed by atoms with E-state index in [9.17, 15) is 18.4 Å². The number of rotatable bonds is 6. The summed E-state index contributed by atoms with van der Waals surface area (Å²) in [6.45, 7) is 0. The van der Waals surface area contributed by atoms with Crippen LogP contribution in [0.15, 0.2) is 54.7 Å². The Bertz CT molecular complexity index is 1080. The van der Waals surface area contributed by atoms with Crippen molar-refractivity contribution in [2.45, 2.75) is 12.8 Å². The molecule has 2 amide bonds. The molecular weight excluding hydrogens is 435 g/mol. The van der Waals surface area contributed by atoms with Crippen molar-refractivity contribution in [1.82, 2.24) is 4.98 Å². The summed E-state index contributed by atoms with van der Waals surface area (Å²) in [6, 6.07) is 11.0. The fourth-order valence-corrected chi connectivity index (χ4v) is 3.06. The molecule has 0 radical (unpaired) electrons. The van der Waals surface area contributed by atoms with E-state index < -0.39 is 23.4 Å². The number of nitrogens with one attached hydrogen (secondary N) is 2. The molecule has 0 atom stereocenters. The molecule has 0 aliphatic heterocycles. The van der Waals surface area contributed by atoms with Gasteiger partial charge in [0.2, 0.25) is 11.8 Å². The number of anilines is 2. The monoisotopic (exact) mass is 449 g/mol. The van der Waals surface area contributed by atoms with Crippen LogP contribution in [-0.2, 0) is 22.4 Å². The Morgan fingerprint density at radius 3 is 2.43 bits per heavy atom. The Kier molecular flexibility index (Phi) is 6.97. The topological polar surface area (TPSA) is 71.1 Å². The van der Waals surface area contributed by atoms with Crippen molar-refractivity contribution in [2.24, 2.45) is 0 Å². The van der Waals surface area contributed by atoms with E-state index in [1.807, 2.05) is 0 Å². The summed E-state index contributed by atoms with van der Waals surface area (Å²) in [5, 5.41) is 5.37. The molecule has 1 heterocycles. The van der Waals surface area contributed by atoms with Crippen molar-refractivity contribution in [2.75, 3.05) is 10.6 Å². The molecule has 0 aliphatic rings. The highest BCUT2D eigenvalue weighted by atomic mass is 35.5. The number of aromatic nitrogens is 1. The van der Waals surface area contributed by atoms with Crippen LogP contribution in [0.2, 0.25) is 10.0 Å². The van der Waals surface area contributed by atoms with Gasteiger partial charge < -0.3 is 10.6 Å². The molecule has 5 nitrogen and oxygen atoms in total. The summed E-state index contributed by atoms with van der Waals surface area (Å²) >= 11 is 11.8. The molecule has 2 aromatic carbocycles. The van der Waals surface area contributed by atoms with E-state index in [2.05, 4.69) is 15.6 Å². The molecule has 0 saturated carbocycles. The van der Waals surface area contributed by atoms with Gasteiger partial charge in [0, 0.05) is 23.0 Å². The van der Waals surface area contributed by atoms with E-state index in [1.54, 1.807) is 6.07 Å². The van der Waals surface area contributed by atoms with Gasteiger partial charge in [0.05, 0.1) is 17.9 Å². The molecule has 0 spiro atoms. The van der Waals surface area contributed by atoms with Crippen LogP contribution in [0.25, 0.3) is 0 Å². The highest BCUT2D eigenvalue weighted by molar-refractivity contribution is 6.32. The molecule has 0 aliphatic carbocycles. The summed E-state index contributed by atoms with van der Waals surface area (Å²) in [5.74, 6) is -1.78. The number of hydrogen-bond acceptors (Lipinski definition) is 3. The minimum Gasteiger partial charge on any atom is -0.326 e. The van der Waals surface area contributed by atoms with E-state index in [0.29, 0.717) is 16.8 Å². The zero-order chi connectivity index (χ0) is 21.7. The predicted molar refractivity (Wildman–Crippen MR) is 112 cm³/mol. The molecule has 0 unspecified atom stereocenters. The standard InChI is InChI=1S/C21H15Cl2F2N3O2/c22-16-5-4-14(24)8-13(16)10-20(30)28-18-11-15(6-7-26-18)27-19(29)9-12-2-1-3-17(25)21(12)23/h1-8,11H,9-10H2,(H2,26,27,28,29,30). The largest absolute Gasteiger partial charge is 0.326 e. The molecule has 9 heteroatoms.